The molecule has 3 amide bonds. The van der Waals surface area contributed by atoms with Gasteiger partial charge in [0, 0.05) is 46.1 Å². The van der Waals surface area contributed by atoms with E-state index >= 15 is 0 Å². The van der Waals surface area contributed by atoms with Gasteiger partial charge >= 0.3 is 12.0 Å². The summed E-state index contributed by atoms with van der Waals surface area (Å²) in [6.45, 7) is 1.25. The molecule has 1 saturated heterocycles. The van der Waals surface area contributed by atoms with Gasteiger partial charge < -0.3 is 20.2 Å². The summed E-state index contributed by atoms with van der Waals surface area (Å²) in [7, 11) is 3.33. The molecule has 0 saturated carbocycles. The van der Waals surface area contributed by atoms with Crippen LogP contribution in [0.25, 0.3) is 0 Å². The van der Waals surface area contributed by atoms with Gasteiger partial charge in [0.15, 0.2) is 0 Å². The van der Waals surface area contributed by atoms with Gasteiger partial charge in [-0.2, -0.15) is 0 Å². The van der Waals surface area contributed by atoms with Crippen LogP contribution in [-0.4, -0.2) is 66.5 Å². The molecule has 0 aromatic carbocycles. The zero-order valence-corrected chi connectivity index (χ0v) is 10.7. The summed E-state index contributed by atoms with van der Waals surface area (Å²) in [5.41, 5.74) is 0. The third kappa shape index (κ3) is 4.23. The van der Waals surface area contributed by atoms with Crippen LogP contribution in [0.15, 0.2) is 0 Å². The van der Waals surface area contributed by atoms with E-state index in [1.54, 1.807) is 19.0 Å². The number of nitrogens with zero attached hydrogens (tertiary/aromatic N) is 2. The molecule has 7 nitrogen and oxygen atoms in total. The molecule has 1 rings (SSSR count). The van der Waals surface area contributed by atoms with Crippen LogP contribution in [0, 0.1) is 5.92 Å². The first kappa shape index (κ1) is 14.3. The maximum atomic E-state index is 11.6. The average Bonchev–Trinajstić information content (AvgIpc) is 2.21. The second-order valence-corrected chi connectivity index (χ2v) is 4.64. The van der Waals surface area contributed by atoms with Crippen LogP contribution >= 0.6 is 0 Å². The Labute approximate surface area is 106 Å². The summed E-state index contributed by atoms with van der Waals surface area (Å²) in [6, 6.07) is -0.233. The highest BCUT2D eigenvalue weighted by Crippen LogP contribution is 2.18. The largest absolute Gasteiger partial charge is 0.481 e. The van der Waals surface area contributed by atoms with Crippen molar-refractivity contribution < 1.29 is 19.5 Å². The smallest absolute Gasteiger partial charge is 0.317 e. The standard InChI is InChI=1S/C11H19N3O4/c1-13(2)9(15)3-4-12-11(18)14-6-8(7-14)5-10(16)17/h8H,3-7H2,1-2H3,(H,12,18)(H,16,17). The number of hydrogen-bond acceptors (Lipinski definition) is 3. The van der Waals surface area contributed by atoms with Crippen LogP contribution in [0.3, 0.4) is 0 Å². The SMILES string of the molecule is CN(C)C(=O)CCNC(=O)N1CC(CC(=O)O)C1. The number of amides is 3. The van der Waals surface area contributed by atoms with Gasteiger partial charge in [-0.1, -0.05) is 0 Å². The quantitative estimate of drug-likeness (QED) is 0.700. The predicted molar refractivity (Wildman–Crippen MR) is 64.0 cm³/mol. The van der Waals surface area contributed by atoms with E-state index in [0.717, 1.165) is 0 Å². The monoisotopic (exact) mass is 257 g/mol. The Bertz CT molecular complexity index is 337. The van der Waals surface area contributed by atoms with Crippen molar-refractivity contribution in [3.8, 4) is 0 Å². The summed E-state index contributed by atoms with van der Waals surface area (Å²) < 4.78 is 0. The van der Waals surface area contributed by atoms with E-state index in [4.69, 9.17) is 5.11 Å². The zero-order valence-electron chi connectivity index (χ0n) is 10.7. The highest BCUT2D eigenvalue weighted by molar-refractivity contribution is 5.78. The first-order valence-electron chi connectivity index (χ1n) is 5.85. The molecular formula is C11H19N3O4. The maximum Gasteiger partial charge on any atom is 0.317 e. The minimum atomic E-state index is -0.836. The van der Waals surface area contributed by atoms with Crippen LogP contribution < -0.4 is 5.32 Å². The van der Waals surface area contributed by atoms with E-state index in [1.807, 2.05) is 0 Å². The van der Waals surface area contributed by atoms with Gasteiger partial charge in [-0.15, -0.1) is 0 Å². The summed E-state index contributed by atoms with van der Waals surface area (Å²) in [6.07, 6.45) is 0.369. The van der Waals surface area contributed by atoms with Gasteiger partial charge in [-0.05, 0) is 0 Å². The van der Waals surface area contributed by atoms with Crippen molar-refractivity contribution in [1.82, 2.24) is 15.1 Å². The molecule has 0 aromatic heterocycles. The van der Waals surface area contributed by atoms with Crippen LogP contribution in [0.2, 0.25) is 0 Å². The Hall–Kier alpha value is -1.79. The number of urea groups is 1. The lowest BCUT2D eigenvalue weighted by atomic mass is 9.97. The lowest BCUT2D eigenvalue weighted by Crippen LogP contribution is -2.54. The minimum absolute atomic E-state index is 0.0392. The molecule has 1 aliphatic heterocycles. The third-order valence-corrected chi connectivity index (χ3v) is 2.82. The molecule has 0 unspecified atom stereocenters. The summed E-state index contributed by atoms with van der Waals surface area (Å²) in [5, 5.41) is 11.2. The molecule has 2 N–H and O–H groups in total. The first-order valence-corrected chi connectivity index (χ1v) is 5.85. The van der Waals surface area contributed by atoms with Gasteiger partial charge in [0.05, 0.1) is 6.42 Å². The number of hydrogen-bond donors (Lipinski definition) is 2. The van der Waals surface area contributed by atoms with Crippen LogP contribution in [0.4, 0.5) is 4.79 Å². The lowest BCUT2D eigenvalue weighted by molar-refractivity contribution is -0.139. The highest BCUT2D eigenvalue weighted by Gasteiger charge is 2.31. The van der Waals surface area contributed by atoms with Crippen molar-refractivity contribution in [3.63, 3.8) is 0 Å². The zero-order chi connectivity index (χ0) is 13.7. The number of carboxylic acids is 1. The molecular weight excluding hydrogens is 238 g/mol. The molecule has 0 aliphatic carbocycles. The van der Waals surface area contributed by atoms with E-state index in [0.29, 0.717) is 19.6 Å². The fourth-order valence-corrected chi connectivity index (χ4v) is 1.72. The second-order valence-electron chi connectivity index (χ2n) is 4.64. The fourth-order valence-electron chi connectivity index (χ4n) is 1.72. The maximum absolute atomic E-state index is 11.6. The fraction of sp³-hybridized carbons (Fsp3) is 0.727. The normalized spacial score (nSPS) is 14.9. The Morgan fingerprint density at radius 1 is 1.33 bits per heavy atom. The number of rotatable bonds is 5. The topological polar surface area (TPSA) is 90.0 Å². The predicted octanol–water partition coefficient (Wildman–Crippen LogP) is -0.419. The van der Waals surface area contributed by atoms with Gasteiger partial charge in [0.25, 0.3) is 0 Å². The Balaban J connectivity index is 2.13. The molecule has 0 atom stereocenters. The van der Waals surface area contributed by atoms with Crippen molar-refractivity contribution in [3.05, 3.63) is 0 Å². The molecule has 18 heavy (non-hydrogen) atoms. The van der Waals surface area contributed by atoms with Gasteiger partial charge in [-0.25, -0.2) is 4.79 Å². The average molecular weight is 257 g/mol. The van der Waals surface area contributed by atoms with Gasteiger partial charge in [0.2, 0.25) is 5.91 Å². The number of nitrogens with one attached hydrogen (secondary N) is 1. The van der Waals surface area contributed by atoms with Crippen molar-refractivity contribution >= 4 is 17.9 Å². The second kappa shape index (κ2) is 6.23. The molecule has 1 aliphatic rings. The van der Waals surface area contributed by atoms with Gasteiger partial charge in [-0.3, -0.25) is 9.59 Å². The van der Waals surface area contributed by atoms with E-state index in [1.165, 1.54) is 4.90 Å². The summed E-state index contributed by atoms with van der Waals surface area (Å²) >= 11 is 0. The molecule has 102 valence electrons. The molecule has 0 bridgehead atoms. The number of carbonyl (C=O) groups is 3. The molecule has 0 radical (unpaired) electrons. The lowest BCUT2D eigenvalue weighted by Gasteiger charge is -2.38. The van der Waals surface area contributed by atoms with E-state index in [9.17, 15) is 14.4 Å². The van der Waals surface area contributed by atoms with Crippen molar-refractivity contribution in [2.75, 3.05) is 33.7 Å². The van der Waals surface area contributed by atoms with Crippen LogP contribution in [-0.2, 0) is 9.59 Å². The molecule has 7 heteroatoms. The summed E-state index contributed by atoms with van der Waals surface area (Å²) in [4.78, 5) is 36.2. The Morgan fingerprint density at radius 3 is 2.44 bits per heavy atom. The van der Waals surface area contributed by atoms with E-state index < -0.39 is 5.97 Å². The van der Waals surface area contributed by atoms with Crippen LogP contribution in [0.1, 0.15) is 12.8 Å². The number of carbonyl (C=O) groups excluding carboxylic acids is 2. The van der Waals surface area contributed by atoms with Crippen molar-refractivity contribution in [2.24, 2.45) is 5.92 Å². The Kier molecular flexibility index (Phi) is 4.94. The number of likely N-dealkylation sites (tertiary alicyclic amines) is 1. The Morgan fingerprint density at radius 2 is 1.94 bits per heavy atom. The third-order valence-electron chi connectivity index (χ3n) is 2.82. The number of aliphatic carboxylic acids is 1. The van der Waals surface area contributed by atoms with E-state index in [2.05, 4.69) is 5.32 Å². The van der Waals surface area contributed by atoms with Crippen molar-refractivity contribution in [1.29, 1.82) is 0 Å². The van der Waals surface area contributed by atoms with Crippen LogP contribution in [0.5, 0.6) is 0 Å². The number of carboxylic acid groups (broad SMARTS) is 1. The summed E-state index contributed by atoms with van der Waals surface area (Å²) in [5.74, 6) is -0.823. The molecule has 1 heterocycles. The molecule has 0 aromatic rings. The van der Waals surface area contributed by atoms with E-state index in [-0.39, 0.29) is 30.7 Å². The first-order chi connectivity index (χ1) is 8.40. The molecule has 1 fully saturated rings. The van der Waals surface area contributed by atoms with Gasteiger partial charge in [0.1, 0.15) is 0 Å². The minimum Gasteiger partial charge on any atom is -0.481 e. The van der Waals surface area contributed by atoms with Crippen molar-refractivity contribution in [2.45, 2.75) is 12.8 Å². The molecule has 0 spiro atoms. The highest BCUT2D eigenvalue weighted by atomic mass is 16.4.